The van der Waals surface area contributed by atoms with Crippen LogP contribution in [0.2, 0.25) is 0 Å². The SMILES string of the molecule is CC(=O)O[C@H]1[C@H](c2ccc3c(N)ncnn23)O[C@](C#N)(COP(=O)(N[C@@H](C)C(=O)OC2CCOCC2)Oc2ccccc2)[C@H]1OC(C)=O. The summed E-state index contributed by atoms with van der Waals surface area (Å²) in [6.45, 7) is 3.67. The average Bonchev–Trinajstić information content (AvgIpc) is 3.61. The zero-order valence-corrected chi connectivity index (χ0v) is 27.2. The Labute approximate surface area is 275 Å². The molecule has 0 amide bonds. The van der Waals surface area contributed by atoms with E-state index in [1.165, 1.54) is 29.9 Å². The third kappa shape index (κ3) is 7.75. The fourth-order valence-corrected chi connectivity index (χ4v) is 6.86. The van der Waals surface area contributed by atoms with E-state index in [2.05, 4.69) is 15.2 Å². The van der Waals surface area contributed by atoms with Crippen LogP contribution in [0.3, 0.4) is 0 Å². The molecule has 256 valence electrons. The lowest BCUT2D eigenvalue weighted by Gasteiger charge is -2.30. The fraction of sp³-hybridized carbons (Fsp3) is 0.467. The van der Waals surface area contributed by atoms with Crippen molar-refractivity contribution in [3.63, 3.8) is 0 Å². The van der Waals surface area contributed by atoms with Crippen LogP contribution in [-0.2, 0) is 47.2 Å². The molecule has 3 aromatic rings. The summed E-state index contributed by atoms with van der Waals surface area (Å²) in [7, 11) is -4.54. The Morgan fingerprint density at radius 3 is 2.50 bits per heavy atom. The van der Waals surface area contributed by atoms with E-state index in [4.69, 9.17) is 38.5 Å². The van der Waals surface area contributed by atoms with Gasteiger partial charge in [-0.2, -0.15) is 15.4 Å². The van der Waals surface area contributed by atoms with Gasteiger partial charge in [0.2, 0.25) is 5.60 Å². The number of fused-ring (bicyclic) bond motifs is 1. The summed E-state index contributed by atoms with van der Waals surface area (Å²) in [6, 6.07) is 11.9. The Hall–Kier alpha value is -4.59. The second-order valence-corrected chi connectivity index (χ2v) is 12.8. The third-order valence-electron chi connectivity index (χ3n) is 7.55. The van der Waals surface area contributed by atoms with Gasteiger partial charge < -0.3 is 33.9 Å². The first-order chi connectivity index (χ1) is 22.9. The molecule has 1 unspecified atom stereocenters. The number of nitriles is 1. The van der Waals surface area contributed by atoms with Crippen LogP contribution in [0, 0.1) is 11.3 Å². The van der Waals surface area contributed by atoms with Crippen molar-refractivity contribution in [2.24, 2.45) is 0 Å². The van der Waals surface area contributed by atoms with Crippen molar-refractivity contribution in [3.05, 3.63) is 54.5 Å². The Morgan fingerprint density at radius 2 is 1.83 bits per heavy atom. The van der Waals surface area contributed by atoms with E-state index in [1.807, 2.05) is 6.07 Å². The van der Waals surface area contributed by atoms with Crippen molar-refractivity contribution < 1.29 is 51.7 Å². The van der Waals surface area contributed by atoms with E-state index >= 15 is 0 Å². The highest BCUT2D eigenvalue weighted by Gasteiger charge is 2.62. The molecule has 1 aromatic carbocycles. The summed E-state index contributed by atoms with van der Waals surface area (Å²) in [6.07, 6.45) is -2.44. The molecule has 2 fully saturated rings. The number of benzene rings is 1. The molecule has 3 N–H and O–H groups in total. The van der Waals surface area contributed by atoms with E-state index < -0.39 is 62.2 Å². The van der Waals surface area contributed by atoms with Crippen LogP contribution < -0.4 is 15.3 Å². The predicted molar refractivity (Wildman–Crippen MR) is 164 cm³/mol. The maximum atomic E-state index is 14.3. The van der Waals surface area contributed by atoms with Gasteiger partial charge in [-0.1, -0.05) is 18.2 Å². The van der Waals surface area contributed by atoms with Crippen molar-refractivity contribution in [1.82, 2.24) is 19.7 Å². The van der Waals surface area contributed by atoms with Gasteiger partial charge >= 0.3 is 25.7 Å². The zero-order valence-electron chi connectivity index (χ0n) is 26.3. The Bertz CT molecular complexity index is 1730. The number of hydrogen-bond acceptors (Lipinski definition) is 15. The summed E-state index contributed by atoms with van der Waals surface area (Å²) in [4.78, 5) is 41.6. The molecular weight excluding hydrogens is 651 g/mol. The Morgan fingerprint density at radius 1 is 1.12 bits per heavy atom. The molecular formula is C30H35N6O11P. The molecule has 0 saturated carbocycles. The first-order valence-corrected chi connectivity index (χ1v) is 16.5. The molecule has 0 aliphatic carbocycles. The number of nitrogen functional groups attached to an aromatic ring is 1. The topological polar surface area (TPSA) is 225 Å². The van der Waals surface area contributed by atoms with Gasteiger partial charge in [-0.05, 0) is 31.2 Å². The molecule has 5 rings (SSSR count). The number of para-hydroxylation sites is 1. The number of nitrogens with zero attached hydrogens (tertiary/aromatic N) is 4. The lowest BCUT2D eigenvalue weighted by Crippen LogP contribution is -2.49. The smallest absolute Gasteiger partial charge is 0.459 e. The molecule has 4 heterocycles. The van der Waals surface area contributed by atoms with Gasteiger partial charge in [-0.3, -0.25) is 18.9 Å². The first kappa shape index (κ1) is 34.7. The van der Waals surface area contributed by atoms with E-state index in [9.17, 15) is 24.2 Å². The minimum absolute atomic E-state index is 0.112. The van der Waals surface area contributed by atoms with Gasteiger partial charge in [-0.25, -0.2) is 14.1 Å². The number of nitrogens with one attached hydrogen (secondary N) is 1. The number of anilines is 1. The second-order valence-electron chi connectivity index (χ2n) is 11.1. The van der Waals surface area contributed by atoms with Crippen molar-refractivity contribution >= 4 is 37.0 Å². The molecule has 2 aliphatic heterocycles. The van der Waals surface area contributed by atoms with Crippen molar-refractivity contribution in [1.29, 1.82) is 5.26 Å². The average molecular weight is 687 g/mol. The Kier molecular flexibility index (Phi) is 10.6. The number of aromatic nitrogens is 3. The fourth-order valence-electron chi connectivity index (χ4n) is 5.34. The van der Waals surface area contributed by atoms with Gasteiger partial charge in [0.1, 0.15) is 48.5 Å². The van der Waals surface area contributed by atoms with Gasteiger partial charge in [0.25, 0.3) is 0 Å². The van der Waals surface area contributed by atoms with Crippen molar-refractivity contribution in [2.45, 2.75) is 69.7 Å². The van der Waals surface area contributed by atoms with Crippen molar-refractivity contribution in [2.75, 3.05) is 25.6 Å². The standard InChI is InChI=1S/C30H35N6O11P/c1-18(29(39)45-21-11-13-41-14-12-21)35-48(40,47-22-7-5-4-6-8-22)42-16-30(15-31)27(44-20(3)38)26(43-19(2)37)25(46-30)23-9-10-24-28(32)33-17-34-36(23)24/h4-10,17-18,21,25-27H,11-14,16H2,1-3H3,(H,35,40)(H2,32,33,34)/t18-,25-,26-,27-,30+,48?/m0/s1. The number of carbonyl (C=O) groups is 3. The molecule has 0 spiro atoms. The highest BCUT2D eigenvalue weighted by atomic mass is 31.2. The van der Waals surface area contributed by atoms with Gasteiger partial charge in [0.15, 0.2) is 18.0 Å². The van der Waals surface area contributed by atoms with Crippen LogP contribution in [0.5, 0.6) is 5.75 Å². The predicted octanol–water partition coefficient (Wildman–Crippen LogP) is 2.41. The first-order valence-electron chi connectivity index (χ1n) is 15.0. The van der Waals surface area contributed by atoms with Gasteiger partial charge in [0.05, 0.1) is 18.9 Å². The van der Waals surface area contributed by atoms with Crippen LogP contribution in [0.15, 0.2) is 48.8 Å². The van der Waals surface area contributed by atoms with Crippen molar-refractivity contribution in [3.8, 4) is 11.8 Å². The van der Waals surface area contributed by atoms with Gasteiger partial charge in [-0.15, -0.1) is 0 Å². The van der Waals surface area contributed by atoms with E-state index in [1.54, 1.807) is 30.3 Å². The summed E-state index contributed by atoms with van der Waals surface area (Å²) in [5.41, 5.74) is 4.42. The van der Waals surface area contributed by atoms with Crippen LogP contribution in [0.1, 0.15) is 45.4 Å². The van der Waals surface area contributed by atoms with Gasteiger partial charge in [0, 0.05) is 26.7 Å². The molecule has 18 heteroatoms. The number of esters is 3. The summed E-state index contributed by atoms with van der Waals surface area (Å²) in [5, 5.41) is 17.4. The van der Waals surface area contributed by atoms with Crippen LogP contribution in [0.25, 0.3) is 5.52 Å². The monoisotopic (exact) mass is 686 g/mol. The minimum atomic E-state index is -4.54. The molecule has 6 atom stereocenters. The van der Waals surface area contributed by atoms with E-state index in [0.29, 0.717) is 31.6 Å². The summed E-state index contributed by atoms with van der Waals surface area (Å²) >= 11 is 0. The molecule has 0 radical (unpaired) electrons. The lowest BCUT2D eigenvalue weighted by molar-refractivity contribution is -0.166. The van der Waals surface area contributed by atoms with Crippen LogP contribution in [0.4, 0.5) is 5.82 Å². The number of hydrogen-bond donors (Lipinski definition) is 2. The second kappa shape index (κ2) is 14.7. The number of nitrogens with two attached hydrogens (primary N) is 1. The molecule has 2 saturated heterocycles. The molecule has 17 nitrogen and oxygen atoms in total. The minimum Gasteiger partial charge on any atom is -0.461 e. The highest BCUT2D eigenvalue weighted by Crippen LogP contribution is 2.50. The Balaban J connectivity index is 1.47. The molecule has 2 aromatic heterocycles. The third-order valence-corrected chi connectivity index (χ3v) is 9.18. The molecule has 2 aliphatic rings. The molecule has 0 bridgehead atoms. The number of ether oxygens (including phenoxy) is 5. The number of carbonyl (C=O) groups excluding carboxylic acids is 3. The zero-order chi connectivity index (χ0) is 34.5. The quantitative estimate of drug-likeness (QED) is 0.158. The molecule has 48 heavy (non-hydrogen) atoms. The number of rotatable bonds is 12. The normalized spacial score (nSPS) is 24.6. The maximum Gasteiger partial charge on any atom is 0.459 e. The van der Waals surface area contributed by atoms with Crippen LogP contribution in [-0.4, -0.2) is 82.3 Å². The van der Waals surface area contributed by atoms with E-state index in [-0.39, 0.29) is 23.4 Å². The highest BCUT2D eigenvalue weighted by molar-refractivity contribution is 7.52. The lowest BCUT2D eigenvalue weighted by atomic mass is 9.95. The summed E-state index contributed by atoms with van der Waals surface area (Å²) in [5.74, 6) is -2.07. The van der Waals surface area contributed by atoms with E-state index in [0.717, 1.165) is 13.8 Å². The largest absolute Gasteiger partial charge is 0.461 e. The van der Waals surface area contributed by atoms with Crippen LogP contribution >= 0.6 is 7.75 Å². The maximum absolute atomic E-state index is 14.3. The summed E-state index contributed by atoms with van der Waals surface area (Å²) < 4.78 is 55.5.